The summed E-state index contributed by atoms with van der Waals surface area (Å²) in [5, 5.41) is 9.72. The maximum atomic E-state index is 13.1. The van der Waals surface area contributed by atoms with E-state index in [2.05, 4.69) is 4.72 Å². The number of aliphatic hydroxyl groups is 1. The zero-order chi connectivity index (χ0) is 14.0. The smallest absolute Gasteiger partial charge is 0.240 e. The van der Waals surface area contributed by atoms with Crippen LogP contribution in [-0.2, 0) is 10.0 Å². The summed E-state index contributed by atoms with van der Waals surface area (Å²) in [5.74, 6) is -0.724. The Labute approximate surface area is 106 Å². The molecule has 0 spiro atoms. The van der Waals surface area contributed by atoms with Crippen LogP contribution in [0.1, 0.15) is 20.3 Å². The Morgan fingerprint density at radius 2 is 2.06 bits per heavy atom. The molecule has 18 heavy (non-hydrogen) atoms. The van der Waals surface area contributed by atoms with E-state index in [4.69, 9.17) is 5.73 Å². The van der Waals surface area contributed by atoms with E-state index in [-0.39, 0.29) is 17.1 Å². The average molecular weight is 276 g/mol. The van der Waals surface area contributed by atoms with Gasteiger partial charge >= 0.3 is 0 Å². The highest BCUT2D eigenvalue weighted by atomic mass is 32.2. The standard InChI is InChI=1S/C11H17FN2O3S/c1-3-11(2,15)7-14-18(16,17)10-5-8(12)4-9(13)6-10/h4-6,14-15H,3,7,13H2,1-2H3. The van der Waals surface area contributed by atoms with Gasteiger partial charge < -0.3 is 10.8 Å². The number of benzene rings is 1. The summed E-state index contributed by atoms with van der Waals surface area (Å²) in [4.78, 5) is -0.257. The Morgan fingerprint density at radius 1 is 1.44 bits per heavy atom. The van der Waals surface area contributed by atoms with Crippen molar-refractivity contribution in [2.75, 3.05) is 12.3 Å². The first-order valence-electron chi connectivity index (χ1n) is 5.44. The van der Waals surface area contributed by atoms with E-state index >= 15 is 0 Å². The van der Waals surface area contributed by atoms with Gasteiger partial charge in [0, 0.05) is 12.2 Å². The lowest BCUT2D eigenvalue weighted by Gasteiger charge is -2.21. The topological polar surface area (TPSA) is 92.4 Å². The monoisotopic (exact) mass is 276 g/mol. The molecule has 5 nitrogen and oxygen atoms in total. The van der Waals surface area contributed by atoms with Crippen LogP contribution in [0.2, 0.25) is 0 Å². The third kappa shape index (κ3) is 3.94. The molecule has 0 fully saturated rings. The van der Waals surface area contributed by atoms with E-state index < -0.39 is 21.4 Å². The molecule has 0 aromatic heterocycles. The maximum Gasteiger partial charge on any atom is 0.240 e. The quantitative estimate of drug-likeness (QED) is 0.695. The van der Waals surface area contributed by atoms with Gasteiger partial charge in [0.25, 0.3) is 0 Å². The fraction of sp³-hybridized carbons (Fsp3) is 0.455. The first kappa shape index (κ1) is 14.9. The van der Waals surface area contributed by atoms with Crippen LogP contribution in [0, 0.1) is 5.82 Å². The lowest BCUT2D eigenvalue weighted by atomic mass is 10.1. The van der Waals surface area contributed by atoms with Gasteiger partial charge in [0.1, 0.15) is 5.82 Å². The van der Waals surface area contributed by atoms with Crippen molar-refractivity contribution in [2.24, 2.45) is 0 Å². The van der Waals surface area contributed by atoms with Gasteiger partial charge in [-0.25, -0.2) is 17.5 Å². The molecule has 1 atom stereocenters. The lowest BCUT2D eigenvalue weighted by molar-refractivity contribution is 0.0613. The molecule has 4 N–H and O–H groups in total. The molecule has 0 bridgehead atoms. The van der Waals surface area contributed by atoms with E-state index in [9.17, 15) is 17.9 Å². The fourth-order valence-corrected chi connectivity index (χ4v) is 2.42. The third-order valence-corrected chi connectivity index (χ3v) is 3.99. The summed E-state index contributed by atoms with van der Waals surface area (Å²) in [6.45, 7) is 3.09. The summed E-state index contributed by atoms with van der Waals surface area (Å²) >= 11 is 0. The number of halogens is 1. The van der Waals surface area contributed by atoms with Crippen molar-refractivity contribution in [3.8, 4) is 0 Å². The van der Waals surface area contributed by atoms with Crippen LogP contribution in [0.5, 0.6) is 0 Å². The normalized spacial score (nSPS) is 15.3. The molecular formula is C11H17FN2O3S. The highest BCUT2D eigenvalue weighted by Gasteiger charge is 2.22. The Morgan fingerprint density at radius 3 is 2.56 bits per heavy atom. The number of rotatable bonds is 5. The molecule has 1 aromatic carbocycles. The molecule has 0 saturated heterocycles. The first-order chi connectivity index (χ1) is 8.16. The fourth-order valence-electron chi connectivity index (χ4n) is 1.20. The van der Waals surface area contributed by atoms with Gasteiger partial charge in [-0.2, -0.15) is 0 Å². The maximum absolute atomic E-state index is 13.1. The number of sulfonamides is 1. The van der Waals surface area contributed by atoms with Gasteiger partial charge in [-0.1, -0.05) is 6.92 Å². The van der Waals surface area contributed by atoms with Crippen LogP contribution in [-0.4, -0.2) is 25.7 Å². The van der Waals surface area contributed by atoms with Crippen molar-refractivity contribution < 1.29 is 17.9 Å². The van der Waals surface area contributed by atoms with Gasteiger partial charge in [-0.05, 0) is 31.5 Å². The number of hydrogen-bond donors (Lipinski definition) is 3. The Balaban J connectivity index is 2.93. The molecule has 1 unspecified atom stereocenters. The minimum atomic E-state index is -3.88. The molecule has 0 saturated carbocycles. The van der Waals surface area contributed by atoms with Gasteiger partial charge in [-0.3, -0.25) is 0 Å². The highest BCUT2D eigenvalue weighted by molar-refractivity contribution is 7.89. The molecular weight excluding hydrogens is 259 g/mol. The SMILES string of the molecule is CCC(C)(O)CNS(=O)(=O)c1cc(N)cc(F)c1. The molecule has 0 radical (unpaired) electrons. The summed E-state index contributed by atoms with van der Waals surface area (Å²) in [6, 6.07) is 3.06. The molecule has 0 aliphatic rings. The van der Waals surface area contributed by atoms with Crippen molar-refractivity contribution in [3.05, 3.63) is 24.0 Å². The zero-order valence-electron chi connectivity index (χ0n) is 10.3. The lowest BCUT2D eigenvalue weighted by Crippen LogP contribution is -2.40. The minimum absolute atomic E-state index is 0.0256. The molecule has 1 rings (SSSR count). The third-order valence-electron chi connectivity index (χ3n) is 2.61. The van der Waals surface area contributed by atoms with Crippen LogP contribution in [0.15, 0.2) is 23.1 Å². The molecule has 102 valence electrons. The van der Waals surface area contributed by atoms with Crippen molar-refractivity contribution in [3.63, 3.8) is 0 Å². The zero-order valence-corrected chi connectivity index (χ0v) is 11.1. The highest BCUT2D eigenvalue weighted by Crippen LogP contribution is 2.16. The van der Waals surface area contributed by atoms with Gasteiger partial charge in [0.05, 0.1) is 10.5 Å². The largest absolute Gasteiger partial charge is 0.399 e. The predicted molar refractivity (Wildman–Crippen MR) is 66.9 cm³/mol. The van der Waals surface area contributed by atoms with Crippen molar-refractivity contribution in [1.29, 1.82) is 0 Å². The number of anilines is 1. The van der Waals surface area contributed by atoms with E-state index in [1.807, 2.05) is 0 Å². The molecule has 1 aromatic rings. The average Bonchev–Trinajstić information content (AvgIpc) is 2.25. The van der Waals surface area contributed by atoms with Crippen molar-refractivity contribution >= 4 is 15.7 Å². The van der Waals surface area contributed by atoms with Crippen LogP contribution in [0.4, 0.5) is 10.1 Å². The van der Waals surface area contributed by atoms with E-state index in [0.717, 1.165) is 18.2 Å². The van der Waals surface area contributed by atoms with E-state index in [1.165, 1.54) is 6.92 Å². The second kappa shape index (κ2) is 5.21. The van der Waals surface area contributed by atoms with Gasteiger partial charge in [0.15, 0.2) is 0 Å². The number of nitrogen functional groups attached to an aromatic ring is 1. The summed E-state index contributed by atoms with van der Waals surface area (Å²) in [6.07, 6.45) is 0.390. The van der Waals surface area contributed by atoms with Crippen LogP contribution in [0.25, 0.3) is 0 Å². The van der Waals surface area contributed by atoms with E-state index in [1.54, 1.807) is 6.92 Å². The van der Waals surface area contributed by atoms with Crippen LogP contribution < -0.4 is 10.5 Å². The van der Waals surface area contributed by atoms with Gasteiger partial charge in [-0.15, -0.1) is 0 Å². The van der Waals surface area contributed by atoms with Crippen LogP contribution >= 0.6 is 0 Å². The van der Waals surface area contributed by atoms with Crippen molar-refractivity contribution in [2.45, 2.75) is 30.8 Å². The van der Waals surface area contributed by atoms with Crippen LogP contribution in [0.3, 0.4) is 0 Å². The molecule has 7 heteroatoms. The predicted octanol–water partition coefficient (Wildman–Crippen LogP) is 0.847. The molecule has 0 aliphatic carbocycles. The van der Waals surface area contributed by atoms with Crippen molar-refractivity contribution in [1.82, 2.24) is 4.72 Å². The molecule has 0 amide bonds. The van der Waals surface area contributed by atoms with Gasteiger partial charge in [0.2, 0.25) is 10.0 Å². The number of nitrogens with two attached hydrogens (primary N) is 1. The molecule has 0 heterocycles. The van der Waals surface area contributed by atoms with E-state index in [0.29, 0.717) is 6.42 Å². The summed E-state index contributed by atoms with van der Waals surface area (Å²) in [5.41, 5.74) is 4.26. The number of hydrogen-bond acceptors (Lipinski definition) is 4. The minimum Gasteiger partial charge on any atom is -0.399 e. The Bertz CT molecular complexity index is 509. The second-order valence-corrected chi connectivity index (χ2v) is 6.16. The second-order valence-electron chi connectivity index (χ2n) is 4.40. The molecule has 0 aliphatic heterocycles. The number of nitrogens with one attached hydrogen (secondary N) is 1. The Kier molecular flexibility index (Phi) is 4.31. The Hall–Kier alpha value is -1.18. The summed E-state index contributed by atoms with van der Waals surface area (Å²) in [7, 11) is -3.88. The summed E-state index contributed by atoms with van der Waals surface area (Å²) < 4.78 is 39.0. The first-order valence-corrected chi connectivity index (χ1v) is 6.93.